The van der Waals surface area contributed by atoms with E-state index in [1.165, 1.54) is 16.7 Å². The summed E-state index contributed by atoms with van der Waals surface area (Å²) in [5.41, 5.74) is 0.833. The Morgan fingerprint density at radius 2 is 1.73 bits per heavy atom. The molecule has 0 saturated carbocycles. The lowest BCUT2D eigenvalue weighted by Gasteiger charge is -2.25. The molecule has 0 spiro atoms. The van der Waals surface area contributed by atoms with E-state index in [0.717, 1.165) is 15.6 Å². The Morgan fingerprint density at radius 1 is 1.12 bits per heavy atom. The Bertz CT molecular complexity index is 890. The van der Waals surface area contributed by atoms with Crippen LogP contribution in [0.1, 0.15) is 84.9 Å². The van der Waals surface area contributed by atoms with Gasteiger partial charge in [0.1, 0.15) is 12.6 Å². The van der Waals surface area contributed by atoms with Crippen molar-refractivity contribution in [1.82, 2.24) is 25.8 Å². The summed E-state index contributed by atoms with van der Waals surface area (Å²) in [6.07, 6.45) is 4.25. The molecule has 0 aliphatic rings. The Labute approximate surface area is 250 Å². The van der Waals surface area contributed by atoms with Crippen LogP contribution < -0.4 is 16.0 Å². The molecule has 1 atom stereocenters. The van der Waals surface area contributed by atoms with Crippen LogP contribution in [0.25, 0.3) is 0 Å². The number of rotatable bonds is 15. The van der Waals surface area contributed by atoms with Crippen molar-refractivity contribution in [1.29, 1.82) is 0 Å². The van der Waals surface area contributed by atoms with Crippen molar-refractivity contribution in [3.63, 3.8) is 0 Å². The number of amides is 4. The van der Waals surface area contributed by atoms with Gasteiger partial charge < -0.3 is 25.6 Å². The highest BCUT2D eigenvalue weighted by atomic mass is 32.2. The number of carbonyl (C=O) groups excluding carboxylic acids is 3. The number of thioether (sulfide) groups is 1. The van der Waals surface area contributed by atoms with Crippen LogP contribution in [0.5, 0.6) is 0 Å². The van der Waals surface area contributed by atoms with E-state index in [2.05, 4.69) is 46.5 Å². The Kier molecular flexibility index (Phi) is 23.9. The third kappa shape index (κ3) is 17.2. The zero-order valence-corrected chi connectivity index (χ0v) is 27.8. The SMILES string of the molecule is C=N/C=C(/COC(=O)NCCCCNC(=O)C(NC(=O)N(C)Cc1csc(C(C)C)n1)C(C)C)SC.CC.CC. The number of ether oxygens (including phenoxy) is 1. The first-order valence-electron chi connectivity index (χ1n) is 13.9. The van der Waals surface area contributed by atoms with Crippen LogP contribution in [0.15, 0.2) is 21.5 Å². The molecule has 12 heteroatoms. The van der Waals surface area contributed by atoms with E-state index < -0.39 is 12.1 Å². The molecule has 4 amide bonds. The van der Waals surface area contributed by atoms with Gasteiger partial charge in [-0.25, -0.2) is 14.6 Å². The number of thiazole rings is 1. The summed E-state index contributed by atoms with van der Waals surface area (Å²) >= 11 is 3.02. The lowest BCUT2D eigenvalue weighted by Crippen LogP contribution is -2.52. The second-order valence-corrected chi connectivity index (χ2v) is 10.7. The molecular formula is C28H52N6O4S2. The van der Waals surface area contributed by atoms with Gasteiger partial charge in [0.2, 0.25) is 5.91 Å². The number of urea groups is 1. The number of aliphatic imine (C=N–C) groups is 1. The highest BCUT2D eigenvalue weighted by Gasteiger charge is 2.25. The molecule has 1 rings (SSSR count). The first kappa shape index (κ1) is 39.5. The second kappa shape index (κ2) is 24.2. The molecule has 3 N–H and O–H groups in total. The molecule has 1 unspecified atom stereocenters. The number of nitrogens with zero attached hydrogens (tertiary/aromatic N) is 3. The molecule has 40 heavy (non-hydrogen) atoms. The molecule has 230 valence electrons. The van der Waals surface area contributed by atoms with Gasteiger partial charge in [-0.1, -0.05) is 55.4 Å². The molecular weight excluding hydrogens is 548 g/mol. The smallest absolute Gasteiger partial charge is 0.407 e. The van der Waals surface area contributed by atoms with Crippen molar-refractivity contribution in [3.05, 3.63) is 27.2 Å². The van der Waals surface area contributed by atoms with Gasteiger partial charge in [-0.3, -0.25) is 9.79 Å². The molecule has 0 aromatic carbocycles. The predicted molar refractivity (Wildman–Crippen MR) is 170 cm³/mol. The number of aromatic nitrogens is 1. The monoisotopic (exact) mass is 600 g/mol. The Hall–Kier alpha value is -2.60. The van der Waals surface area contributed by atoms with Gasteiger partial charge in [-0.15, -0.1) is 23.1 Å². The molecule has 0 fully saturated rings. The summed E-state index contributed by atoms with van der Waals surface area (Å²) in [4.78, 5) is 47.7. The van der Waals surface area contributed by atoms with Crippen LogP contribution in [-0.2, 0) is 16.1 Å². The standard InChI is InChI=1S/C24H40N6O4S2.2C2H6/c1-16(2)20(29-23(32)30(6)13-18-15-36-22(28-18)17(3)4)21(31)26-10-8-9-11-27-24(33)34-14-19(35-7)12-25-5;2*1-2/h12,15-17,20H,5,8-11,13-14H2,1-4,6-7H3,(H,26,31)(H,27,33)(H,29,32);2*1-2H3/b19-12-;;. The van der Waals surface area contributed by atoms with Crippen LogP contribution in [-0.4, -0.2) is 73.7 Å². The van der Waals surface area contributed by atoms with Crippen molar-refractivity contribution in [3.8, 4) is 0 Å². The van der Waals surface area contributed by atoms with Gasteiger partial charge in [0.15, 0.2) is 0 Å². The zero-order chi connectivity index (χ0) is 31.1. The third-order valence-corrected chi connectivity index (χ3v) is 6.99. The minimum atomic E-state index is -0.654. The maximum absolute atomic E-state index is 12.7. The van der Waals surface area contributed by atoms with Crippen molar-refractivity contribution in [2.24, 2.45) is 10.9 Å². The maximum atomic E-state index is 12.7. The van der Waals surface area contributed by atoms with E-state index in [0.29, 0.717) is 38.4 Å². The molecule has 10 nitrogen and oxygen atoms in total. The Morgan fingerprint density at radius 3 is 2.23 bits per heavy atom. The van der Waals surface area contributed by atoms with Crippen LogP contribution >= 0.6 is 23.1 Å². The largest absolute Gasteiger partial charge is 0.444 e. The van der Waals surface area contributed by atoms with Crippen molar-refractivity contribution in [2.45, 2.75) is 86.7 Å². The first-order chi connectivity index (χ1) is 19.1. The lowest BCUT2D eigenvalue weighted by molar-refractivity contribution is -0.123. The topological polar surface area (TPSA) is 125 Å². The summed E-state index contributed by atoms with van der Waals surface area (Å²) in [5, 5.41) is 11.4. The molecule has 1 aromatic rings. The fourth-order valence-electron chi connectivity index (χ4n) is 2.95. The van der Waals surface area contributed by atoms with Crippen molar-refractivity contribution < 1.29 is 19.1 Å². The highest BCUT2D eigenvalue weighted by Crippen LogP contribution is 2.20. The molecule has 0 aliphatic heterocycles. The normalized spacial score (nSPS) is 11.3. The second-order valence-electron chi connectivity index (χ2n) is 8.84. The summed E-state index contributed by atoms with van der Waals surface area (Å²) in [6.45, 7) is 20.7. The quantitative estimate of drug-likeness (QED) is 0.167. The van der Waals surface area contributed by atoms with Gasteiger partial charge in [-0.2, -0.15) is 0 Å². The van der Waals surface area contributed by atoms with E-state index in [1.807, 2.05) is 53.2 Å². The summed E-state index contributed by atoms with van der Waals surface area (Å²) in [6, 6.07) is -0.979. The average molecular weight is 601 g/mol. The van der Waals surface area contributed by atoms with Gasteiger partial charge in [0, 0.05) is 42.5 Å². The minimum Gasteiger partial charge on any atom is -0.444 e. The fourth-order valence-corrected chi connectivity index (χ4v) is 4.14. The van der Waals surface area contributed by atoms with E-state index >= 15 is 0 Å². The van der Waals surface area contributed by atoms with E-state index in [-0.39, 0.29) is 24.5 Å². The number of hydrogen-bond donors (Lipinski definition) is 3. The van der Waals surface area contributed by atoms with Gasteiger partial charge in [0.05, 0.1) is 17.2 Å². The first-order valence-corrected chi connectivity index (χ1v) is 16.0. The fraction of sp³-hybridized carbons (Fsp3) is 0.679. The maximum Gasteiger partial charge on any atom is 0.407 e. The molecule has 0 aliphatic carbocycles. The van der Waals surface area contributed by atoms with Crippen LogP contribution in [0.4, 0.5) is 9.59 Å². The highest BCUT2D eigenvalue weighted by molar-refractivity contribution is 8.02. The molecule has 0 saturated heterocycles. The molecule has 1 aromatic heterocycles. The summed E-state index contributed by atoms with van der Waals surface area (Å²) in [7, 11) is 1.69. The van der Waals surface area contributed by atoms with Gasteiger partial charge in [0.25, 0.3) is 0 Å². The van der Waals surface area contributed by atoms with Crippen LogP contribution in [0.3, 0.4) is 0 Å². The molecule has 1 heterocycles. The third-order valence-electron chi connectivity index (χ3n) is 5.05. The number of nitrogens with one attached hydrogen (secondary N) is 3. The minimum absolute atomic E-state index is 0.0814. The van der Waals surface area contributed by atoms with E-state index in [9.17, 15) is 14.4 Å². The Balaban J connectivity index is 0. The molecule has 0 bridgehead atoms. The predicted octanol–water partition coefficient (Wildman–Crippen LogP) is 6.01. The van der Waals surface area contributed by atoms with Crippen LogP contribution in [0.2, 0.25) is 0 Å². The van der Waals surface area contributed by atoms with Crippen LogP contribution in [0, 0.1) is 5.92 Å². The zero-order valence-electron chi connectivity index (χ0n) is 26.1. The van der Waals surface area contributed by atoms with Gasteiger partial charge >= 0.3 is 12.1 Å². The number of unbranched alkanes of at least 4 members (excludes halogenated alkanes) is 1. The van der Waals surface area contributed by atoms with Crippen molar-refractivity contribution in [2.75, 3.05) is 33.0 Å². The lowest BCUT2D eigenvalue weighted by atomic mass is 10.0. The average Bonchev–Trinajstić information content (AvgIpc) is 3.42. The summed E-state index contributed by atoms with van der Waals surface area (Å²) < 4.78 is 5.11. The van der Waals surface area contributed by atoms with Gasteiger partial charge in [-0.05, 0) is 31.7 Å². The number of alkyl carbamates (subject to hydrolysis) is 1. The van der Waals surface area contributed by atoms with E-state index in [1.54, 1.807) is 24.6 Å². The number of hydrogen-bond acceptors (Lipinski definition) is 8. The number of carbonyl (C=O) groups is 3. The van der Waals surface area contributed by atoms with E-state index in [4.69, 9.17) is 4.74 Å². The summed E-state index contributed by atoms with van der Waals surface area (Å²) in [5.74, 6) is 0.0291. The molecule has 0 radical (unpaired) electrons. The van der Waals surface area contributed by atoms with Crippen molar-refractivity contribution >= 4 is 47.8 Å².